The summed E-state index contributed by atoms with van der Waals surface area (Å²) in [6, 6.07) is 7.60. The van der Waals surface area contributed by atoms with Gasteiger partial charge in [0.25, 0.3) is 0 Å². The van der Waals surface area contributed by atoms with Gasteiger partial charge in [0.05, 0.1) is 0 Å². The number of benzene rings is 1. The molecule has 0 aliphatic rings. The molecule has 6 heteroatoms. The van der Waals surface area contributed by atoms with E-state index in [1.54, 1.807) is 19.1 Å². The fraction of sp³-hybridized carbons (Fsp3) is 0.154. The fourth-order valence-electron chi connectivity index (χ4n) is 1.63. The molecule has 5 nitrogen and oxygen atoms in total. The molecule has 0 saturated heterocycles. The van der Waals surface area contributed by atoms with Crippen LogP contribution in [-0.4, -0.2) is 24.8 Å². The van der Waals surface area contributed by atoms with E-state index in [9.17, 15) is 13.5 Å². The van der Waals surface area contributed by atoms with E-state index in [0.717, 1.165) is 11.8 Å². The van der Waals surface area contributed by atoms with Gasteiger partial charge in [0.15, 0.2) is 9.84 Å². The zero-order valence-corrected chi connectivity index (χ0v) is 11.3. The van der Waals surface area contributed by atoms with Crippen molar-refractivity contribution in [3.63, 3.8) is 0 Å². The SMILES string of the molecule is Cc1cc(O)cc(Oc2ncccc2S(C)(=O)=O)c1. The average Bonchev–Trinajstić information content (AvgIpc) is 2.26. The van der Waals surface area contributed by atoms with E-state index in [0.29, 0.717) is 5.75 Å². The monoisotopic (exact) mass is 279 g/mol. The van der Waals surface area contributed by atoms with Crippen molar-refractivity contribution in [2.75, 3.05) is 6.26 Å². The topological polar surface area (TPSA) is 76.5 Å². The van der Waals surface area contributed by atoms with Gasteiger partial charge in [-0.3, -0.25) is 0 Å². The number of hydrogen-bond donors (Lipinski definition) is 1. The zero-order valence-electron chi connectivity index (χ0n) is 10.5. The zero-order chi connectivity index (χ0) is 14.0. The predicted molar refractivity (Wildman–Crippen MR) is 70.3 cm³/mol. The summed E-state index contributed by atoms with van der Waals surface area (Å²) in [7, 11) is -3.42. The highest BCUT2D eigenvalue weighted by Gasteiger charge is 2.16. The van der Waals surface area contributed by atoms with Crippen molar-refractivity contribution in [3.05, 3.63) is 42.1 Å². The van der Waals surface area contributed by atoms with Crippen LogP contribution in [0.25, 0.3) is 0 Å². The van der Waals surface area contributed by atoms with Gasteiger partial charge < -0.3 is 9.84 Å². The van der Waals surface area contributed by atoms with Crippen molar-refractivity contribution < 1.29 is 18.3 Å². The van der Waals surface area contributed by atoms with Crippen molar-refractivity contribution in [2.24, 2.45) is 0 Å². The Morgan fingerprint density at radius 1 is 1.26 bits per heavy atom. The molecular formula is C13H13NO4S. The molecule has 0 bridgehead atoms. The first kappa shape index (κ1) is 13.4. The Bertz CT molecular complexity index is 690. The van der Waals surface area contributed by atoms with Crippen LogP contribution in [0, 0.1) is 6.92 Å². The summed E-state index contributed by atoms with van der Waals surface area (Å²) in [4.78, 5) is 3.93. The normalized spacial score (nSPS) is 11.3. The van der Waals surface area contributed by atoms with Gasteiger partial charge in [0.1, 0.15) is 16.4 Å². The number of pyridine rings is 1. The molecule has 100 valence electrons. The van der Waals surface area contributed by atoms with E-state index < -0.39 is 9.84 Å². The third kappa shape index (κ3) is 3.23. The van der Waals surface area contributed by atoms with E-state index in [1.807, 2.05) is 0 Å². The summed E-state index contributed by atoms with van der Waals surface area (Å²) in [6.07, 6.45) is 2.53. The number of rotatable bonds is 3. The van der Waals surface area contributed by atoms with E-state index in [2.05, 4.69) is 4.98 Å². The van der Waals surface area contributed by atoms with Gasteiger partial charge in [0.2, 0.25) is 5.88 Å². The van der Waals surface area contributed by atoms with Crippen LogP contribution in [0.15, 0.2) is 41.4 Å². The van der Waals surface area contributed by atoms with E-state index in [-0.39, 0.29) is 16.5 Å². The number of aromatic nitrogens is 1. The van der Waals surface area contributed by atoms with Gasteiger partial charge in [-0.2, -0.15) is 0 Å². The highest BCUT2D eigenvalue weighted by molar-refractivity contribution is 7.90. The summed E-state index contributed by atoms with van der Waals surface area (Å²) in [5.41, 5.74) is 0.798. The van der Waals surface area contributed by atoms with Gasteiger partial charge in [-0.1, -0.05) is 0 Å². The summed E-state index contributed by atoms with van der Waals surface area (Å²) in [5, 5.41) is 9.48. The van der Waals surface area contributed by atoms with Crippen LogP contribution in [-0.2, 0) is 9.84 Å². The standard InChI is InChI=1S/C13H13NO4S/c1-9-6-10(15)8-11(7-9)18-13-12(19(2,16)17)4-3-5-14-13/h3-8,15H,1-2H3. The first-order chi connectivity index (χ1) is 8.86. The fourth-order valence-corrected chi connectivity index (χ4v) is 2.37. The molecule has 0 unspecified atom stereocenters. The Kier molecular flexibility index (Phi) is 3.44. The average molecular weight is 279 g/mol. The summed E-state index contributed by atoms with van der Waals surface area (Å²) >= 11 is 0. The molecular weight excluding hydrogens is 266 g/mol. The molecule has 0 fully saturated rings. The number of phenolic OH excluding ortho intramolecular Hbond substituents is 1. The minimum absolute atomic E-state index is 0.00463. The predicted octanol–water partition coefficient (Wildman–Crippen LogP) is 2.29. The minimum Gasteiger partial charge on any atom is -0.508 e. The van der Waals surface area contributed by atoms with Gasteiger partial charge >= 0.3 is 0 Å². The van der Waals surface area contributed by atoms with Gasteiger partial charge in [-0.15, -0.1) is 0 Å². The van der Waals surface area contributed by atoms with Crippen molar-refractivity contribution >= 4 is 9.84 Å². The minimum atomic E-state index is -3.42. The van der Waals surface area contributed by atoms with Crippen molar-refractivity contribution in [1.82, 2.24) is 4.98 Å². The maximum absolute atomic E-state index is 11.6. The van der Waals surface area contributed by atoms with E-state index in [4.69, 9.17) is 4.74 Å². The maximum atomic E-state index is 11.6. The van der Waals surface area contributed by atoms with E-state index >= 15 is 0 Å². The smallest absolute Gasteiger partial charge is 0.238 e. The Labute approximate surface area is 111 Å². The lowest BCUT2D eigenvalue weighted by Gasteiger charge is -2.09. The first-order valence-electron chi connectivity index (χ1n) is 5.50. The summed E-state index contributed by atoms with van der Waals surface area (Å²) < 4.78 is 28.7. The number of hydrogen-bond acceptors (Lipinski definition) is 5. The number of phenols is 1. The Hall–Kier alpha value is -2.08. The van der Waals surface area contributed by atoms with Crippen molar-refractivity contribution in [3.8, 4) is 17.4 Å². The van der Waals surface area contributed by atoms with Crippen LogP contribution in [0.5, 0.6) is 17.4 Å². The lowest BCUT2D eigenvalue weighted by Crippen LogP contribution is -2.01. The quantitative estimate of drug-likeness (QED) is 0.932. The molecule has 2 aromatic rings. The van der Waals surface area contributed by atoms with Crippen LogP contribution in [0.2, 0.25) is 0 Å². The Morgan fingerprint density at radius 3 is 2.63 bits per heavy atom. The van der Waals surface area contributed by atoms with Crippen LogP contribution >= 0.6 is 0 Å². The van der Waals surface area contributed by atoms with Crippen molar-refractivity contribution in [2.45, 2.75) is 11.8 Å². The third-order valence-electron chi connectivity index (χ3n) is 2.39. The molecule has 1 N–H and O–H groups in total. The lowest BCUT2D eigenvalue weighted by atomic mass is 10.2. The molecule has 0 spiro atoms. The van der Waals surface area contributed by atoms with E-state index in [1.165, 1.54) is 24.4 Å². The first-order valence-corrected chi connectivity index (χ1v) is 7.39. The molecule has 1 aromatic heterocycles. The van der Waals surface area contributed by atoms with Gasteiger partial charge in [-0.25, -0.2) is 13.4 Å². The van der Waals surface area contributed by atoms with Crippen LogP contribution in [0.1, 0.15) is 5.56 Å². The summed E-state index contributed by atoms with van der Waals surface area (Å²) in [6.45, 7) is 1.79. The Balaban J connectivity index is 2.44. The summed E-state index contributed by atoms with van der Waals surface area (Å²) in [5.74, 6) is 0.378. The van der Waals surface area contributed by atoms with Crippen LogP contribution in [0.4, 0.5) is 0 Å². The van der Waals surface area contributed by atoms with Gasteiger partial charge in [0, 0.05) is 18.5 Å². The molecule has 1 aromatic carbocycles. The largest absolute Gasteiger partial charge is 0.508 e. The third-order valence-corrected chi connectivity index (χ3v) is 3.50. The second-order valence-corrected chi connectivity index (χ2v) is 6.17. The molecule has 0 radical (unpaired) electrons. The maximum Gasteiger partial charge on any atom is 0.238 e. The molecule has 1 heterocycles. The molecule has 2 rings (SSSR count). The number of aryl methyl sites for hydroxylation is 1. The van der Waals surface area contributed by atoms with Crippen molar-refractivity contribution in [1.29, 1.82) is 0 Å². The van der Waals surface area contributed by atoms with Crippen LogP contribution < -0.4 is 4.74 Å². The lowest BCUT2D eigenvalue weighted by molar-refractivity contribution is 0.435. The number of nitrogens with zero attached hydrogens (tertiary/aromatic N) is 1. The molecule has 0 atom stereocenters. The Morgan fingerprint density at radius 2 is 2.00 bits per heavy atom. The molecule has 0 aliphatic carbocycles. The highest BCUT2D eigenvalue weighted by atomic mass is 32.2. The second kappa shape index (κ2) is 4.89. The van der Waals surface area contributed by atoms with Crippen LogP contribution in [0.3, 0.4) is 0 Å². The van der Waals surface area contributed by atoms with Gasteiger partial charge in [-0.05, 0) is 36.8 Å². The number of ether oxygens (including phenoxy) is 1. The molecule has 0 amide bonds. The highest BCUT2D eigenvalue weighted by Crippen LogP contribution is 2.29. The number of aromatic hydroxyl groups is 1. The number of sulfone groups is 1. The molecule has 19 heavy (non-hydrogen) atoms. The second-order valence-electron chi connectivity index (χ2n) is 4.19. The molecule has 0 aliphatic heterocycles. The molecule has 0 saturated carbocycles.